The minimum atomic E-state index is -0.380. The minimum Gasteiger partial charge on any atom is -0.486 e. The number of primary amides is 1. The van der Waals surface area contributed by atoms with Crippen LogP contribution in [0.2, 0.25) is 0 Å². The van der Waals surface area contributed by atoms with Crippen LogP contribution >= 0.6 is 24.0 Å². The Hall–Kier alpha value is -1.78. The van der Waals surface area contributed by atoms with Gasteiger partial charge in [-0.15, -0.1) is 24.0 Å². The third-order valence-corrected chi connectivity index (χ3v) is 4.16. The van der Waals surface area contributed by atoms with Gasteiger partial charge in [0.05, 0.1) is 6.54 Å². The summed E-state index contributed by atoms with van der Waals surface area (Å²) in [6, 6.07) is 6.19. The molecule has 1 fully saturated rings. The van der Waals surface area contributed by atoms with Gasteiger partial charge < -0.3 is 26.0 Å². The Morgan fingerprint density at radius 2 is 2.07 bits per heavy atom. The normalized spacial score (nSPS) is 16.3. The van der Waals surface area contributed by atoms with Gasteiger partial charge in [-0.1, -0.05) is 12.1 Å². The van der Waals surface area contributed by atoms with Crippen molar-refractivity contribution in [1.29, 1.82) is 0 Å². The number of guanidine groups is 1. The molecule has 1 aromatic carbocycles. The summed E-state index contributed by atoms with van der Waals surface area (Å²) in [6.07, 6.45) is 1.36. The largest absolute Gasteiger partial charge is 0.486 e. The summed E-state index contributed by atoms with van der Waals surface area (Å²) in [6.45, 7) is 6.24. The van der Waals surface area contributed by atoms with Crippen molar-refractivity contribution in [2.45, 2.75) is 38.8 Å². The van der Waals surface area contributed by atoms with E-state index in [1.54, 1.807) is 23.1 Å². The Bertz CT molecular complexity index is 624. The molecule has 2 rings (SSSR count). The van der Waals surface area contributed by atoms with Crippen LogP contribution in [0.5, 0.6) is 5.75 Å². The number of hydrogen-bond donors (Lipinski definition) is 3. The lowest BCUT2D eigenvalue weighted by atomic mass is 10.1. The number of amides is 2. The summed E-state index contributed by atoms with van der Waals surface area (Å²) < 4.78 is 19.3. The number of aliphatic imine (C=N–C) groups is 1. The molecule has 1 aliphatic heterocycles. The van der Waals surface area contributed by atoms with Crippen LogP contribution in [0.3, 0.4) is 0 Å². The van der Waals surface area contributed by atoms with E-state index in [0.717, 1.165) is 19.4 Å². The summed E-state index contributed by atoms with van der Waals surface area (Å²) in [5.41, 5.74) is 5.31. The number of rotatable bonds is 6. The van der Waals surface area contributed by atoms with Crippen LogP contribution in [-0.2, 0) is 0 Å². The van der Waals surface area contributed by atoms with E-state index in [1.807, 2.05) is 13.8 Å². The molecule has 0 bridgehead atoms. The summed E-state index contributed by atoms with van der Waals surface area (Å²) in [5, 5.41) is 6.58. The first-order valence-electron chi connectivity index (χ1n) is 9.00. The zero-order valence-electron chi connectivity index (χ0n) is 15.8. The Balaban J connectivity index is 0.00000364. The molecule has 0 aliphatic carbocycles. The van der Waals surface area contributed by atoms with Gasteiger partial charge in [-0.2, -0.15) is 0 Å². The van der Waals surface area contributed by atoms with Gasteiger partial charge in [0.2, 0.25) is 0 Å². The molecule has 1 saturated heterocycles. The van der Waals surface area contributed by atoms with Gasteiger partial charge in [0.1, 0.15) is 6.10 Å². The molecular weight excluding hydrogens is 464 g/mol. The van der Waals surface area contributed by atoms with Crippen molar-refractivity contribution in [2.24, 2.45) is 10.7 Å². The quantitative estimate of drug-likeness (QED) is 0.322. The average molecular weight is 493 g/mol. The zero-order valence-corrected chi connectivity index (χ0v) is 18.1. The summed E-state index contributed by atoms with van der Waals surface area (Å²) >= 11 is 0. The number of piperidine rings is 1. The number of halogens is 2. The van der Waals surface area contributed by atoms with Crippen LogP contribution in [0.25, 0.3) is 0 Å². The van der Waals surface area contributed by atoms with Gasteiger partial charge in [0.25, 0.3) is 0 Å². The van der Waals surface area contributed by atoms with Crippen molar-refractivity contribution in [1.82, 2.24) is 15.5 Å². The molecule has 1 heterocycles. The molecule has 1 unspecified atom stereocenters. The summed E-state index contributed by atoms with van der Waals surface area (Å²) in [7, 11) is 0. The molecule has 0 saturated carbocycles. The number of likely N-dealkylation sites (tertiary alicyclic amines) is 1. The molecular formula is C18H29FIN5O2. The van der Waals surface area contributed by atoms with Gasteiger partial charge >= 0.3 is 6.03 Å². The maximum atomic E-state index is 13.6. The number of benzene rings is 1. The highest BCUT2D eigenvalue weighted by atomic mass is 127. The molecule has 1 aliphatic rings. The Morgan fingerprint density at radius 1 is 1.41 bits per heavy atom. The van der Waals surface area contributed by atoms with Crippen LogP contribution in [-0.4, -0.2) is 55.2 Å². The first-order chi connectivity index (χ1) is 12.5. The Morgan fingerprint density at radius 3 is 2.67 bits per heavy atom. The molecule has 2 amide bonds. The minimum absolute atomic E-state index is 0. The number of ether oxygens (including phenoxy) is 1. The first-order valence-corrected chi connectivity index (χ1v) is 9.00. The number of carbonyl (C=O) groups is 1. The van der Waals surface area contributed by atoms with Crippen LogP contribution in [0, 0.1) is 5.82 Å². The second-order valence-corrected chi connectivity index (χ2v) is 6.32. The van der Waals surface area contributed by atoms with E-state index in [2.05, 4.69) is 15.6 Å². The van der Waals surface area contributed by atoms with Gasteiger partial charge in [-0.3, -0.25) is 0 Å². The standard InChI is InChI=1S/C18H28FN5O2.HI/c1-3-21-18(23-14-8-10-24(11-9-14)17(20)25)22-12-13(2)26-16-7-5-4-6-15(16)19;/h4-7,13-14H,3,8-12H2,1-2H3,(H2,20,25)(H2,21,22,23);1H. The van der Waals surface area contributed by atoms with Gasteiger partial charge in [-0.25, -0.2) is 14.2 Å². The predicted octanol–water partition coefficient (Wildman–Crippen LogP) is 2.31. The number of hydrogen-bond acceptors (Lipinski definition) is 3. The fourth-order valence-electron chi connectivity index (χ4n) is 2.77. The van der Waals surface area contributed by atoms with Crippen LogP contribution < -0.4 is 21.1 Å². The molecule has 27 heavy (non-hydrogen) atoms. The van der Waals surface area contributed by atoms with E-state index in [0.29, 0.717) is 25.6 Å². The zero-order chi connectivity index (χ0) is 18.9. The van der Waals surface area contributed by atoms with Crippen LogP contribution in [0.1, 0.15) is 26.7 Å². The number of nitrogens with two attached hydrogens (primary N) is 1. The smallest absolute Gasteiger partial charge is 0.314 e. The molecule has 4 N–H and O–H groups in total. The van der Waals surface area contributed by atoms with E-state index in [-0.39, 0.29) is 53.7 Å². The summed E-state index contributed by atoms with van der Waals surface area (Å²) in [5.74, 6) is 0.538. The average Bonchev–Trinajstić information content (AvgIpc) is 2.62. The van der Waals surface area contributed by atoms with Gasteiger partial charge in [0.15, 0.2) is 17.5 Å². The lowest BCUT2D eigenvalue weighted by molar-refractivity contribution is 0.188. The SMILES string of the molecule is CCNC(=NCC(C)Oc1ccccc1F)NC1CCN(C(N)=O)CC1.I. The summed E-state index contributed by atoms with van der Waals surface area (Å²) in [4.78, 5) is 17.4. The van der Waals surface area contributed by atoms with E-state index in [9.17, 15) is 9.18 Å². The van der Waals surface area contributed by atoms with Gasteiger partial charge in [0, 0.05) is 25.7 Å². The topological polar surface area (TPSA) is 92.0 Å². The first kappa shape index (κ1) is 23.3. The van der Waals surface area contributed by atoms with Gasteiger partial charge in [-0.05, 0) is 38.8 Å². The Kier molecular flexibility index (Phi) is 10.2. The highest BCUT2D eigenvalue weighted by Gasteiger charge is 2.21. The highest BCUT2D eigenvalue weighted by Crippen LogP contribution is 2.17. The van der Waals surface area contributed by atoms with Crippen molar-refractivity contribution in [3.63, 3.8) is 0 Å². The van der Waals surface area contributed by atoms with E-state index < -0.39 is 0 Å². The molecule has 152 valence electrons. The maximum absolute atomic E-state index is 13.6. The highest BCUT2D eigenvalue weighted by molar-refractivity contribution is 14.0. The van der Waals surface area contributed by atoms with E-state index >= 15 is 0 Å². The number of nitrogens with one attached hydrogen (secondary N) is 2. The van der Waals surface area contributed by atoms with Crippen molar-refractivity contribution in [2.75, 3.05) is 26.2 Å². The van der Waals surface area contributed by atoms with Crippen LogP contribution in [0.15, 0.2) is 29.3 Å². The lowest BCUT2D eigenvalue weighted by Crippen LogP contribution is -2.50. The van der Waals surface area contributed by atoms with Crippen molar-refractivity contribution in [3.05, 3.63) is 30.1 Å². The number of carbonyl (C=O) groups excluding carboxylic acids is 1. The predicted molar refractivity (Wildman–Crippen MR) is 115 cm³/mol. The number of nitrogens with zero attached hydrogens (tertiary/aromatic N) is 2. The van der Waals surface area contributed by atoms with Crippen molar-refractivity contribution >= 4 is 36.0 Å². The third kappa shape index (κ3) is 7.77. The number of para-hydroxylation sites is 1. The molecule has 0 spiro atoms. The second-order valence-electron chi connectivity index (χ2n) is 6.32. The van der Waals surface area contributed by atoms with E-state index in [1.165, 1.54) is 6.07 Å². The molecule has 9 heteroatoms. The van der Waals surface area contributed by atoms with Crippen LogP contribution in [0.4, 0.5) is 9.18 Å². The molecule has 7 nitrogen and oxygen atoms in total. The van der Waals surface area contributed by atoms with Crippen molar-refractivity contribution in [3.8, 4) is 5.75 Å². The molecule has 1 aromatic rings. The fraction of sp³-hybridized carbons (Fsp3) is 0.556. The van der Waals surface area contributed by atoms with E-state index in [4.69, 9.17) is 10.5 Å². The lowest BCUT2D eigenvalue weighted by Gasteiger charge is -2.32. The van der Waals surface area contributed by atoms with Crippen molar-refractivity contribution < 1.29 is 13.9 Å². The third-order valence-electron chi connectivity index (χ3n) is 4.16. The fourth-order valence-corrected chi connectivity index (χ4v) is 2.77. The number of urea groups is 1. The maximum Gasteiger partial charge on any atom is 0.314 e. The molecule has 1 atom stereocenters. The molecule has 0 aromatic heterocycles. The monoisotopic (exact) mass is 493 g/mol. The Labute approximate surface area is 176 Å². The second kappa shape index (κ2) is 11.8. The molecule has 0 radical (unpaired) electrons.